The molecule has 1 rings (SSSR count). The lowest BCUT2D eigenvalue weighted by Gasteiger charge is -2.09. The van der Waals surface area contributed by atoms with Gasteiger partial charge >= 0.3 is 0 Å². The summed E-state index contributed by atoms with van der Waals surface area (Å²) in [7, 11) is 0. The average Bonchev–Trinajstić information content (AvgIpc) is 2.42. The van der Waals surface area contributed by atoms with Crippen molar-refractivity contribution in [1.29, 1.82) is 0 Å². The van der Waals surface area contributed by atoms with E-state index in [-0.39, 0.29) is 5.91 Å². The third-order valence-electron chi connectivity index (χ3n) is 2.64. The summed E-state index contributed by atoms with van der Waals surface area (Å²) >= 11 is 0. The van der Waals surface area contributed by atoms with Gasteiger partial charge in [0.25, 0.3) is 5.91 Å². The van der Waals surface area contributed by atoms with Crippen molar-refractivity contribution >= 4 is 5.91 Å². The molecular weight excluding hydrogens is 240 g/mol. The maximum Gasteiger partial charge on any atom is 0.251 e. The summed E-state index contributed by atoms with van der Waals surface area (Å²) in [5, 5.41) is 2.82. The van der Waals surface area contributed by atoms with Crippen LogP contribution in [0.3, 0.4) is 0 Å². The van der Waals surface area contributed by atoms with E-state index in [9.17, 15) is 4.79 Å². The van der Waals surface area contributed by atoms with Crippen molar-refractivity contribution in [3.05, 3.63) is 34.9 Å². The van der Waals surface area contributed by atoms with Gasteiger partial charge in [0.1, 0.15) is 0 Å². The first-order chi connectivity index (χ1) is 9.20. The van der Waals surface area contributed by atoms with E-state index in [2.05, 4.69) is 17.2 Å². The highest BCUT2D eigenvalue weighted by atomic mass is 16.5. The lowest BCUT2D eigenvalue weighted by molar-refractivity contribution is 0.0922. The third kappa shape index (κ3) is 4.74. The van der Waals surface area contributed by atoms with E-state index in [4.69, 9.17) is 10.5 Å². The number of amides is 1. The van der Waals surface area contributed by atoms with E-state index in [0.29, 0.717) is 31.9 Å². The molecule has 1 amide bonds. The summed E-state index contributed by atoms with van der Waals surface area (Å²) in [4.78, 5) is 12.0. The standard InChI is InChI=1S/C15H20N2O2/c1-3-19-11-10-17-15(18)14-8-4-6-13(12(14)2)7-5-9-16/h4,6,8H,3,9-11,16H2,1-2H3,(H,17,18). The Hall–Kier alpha value is -1.83. The number of rotatable bonds is 5. The Bertz CT molecular complexity index is 487. The molecule has 102 valence electrons. The van der Waals surface area contributed by atoms with E-state index >= 15 is 0 Å². The highest BCUT2D eigenvalue weighted by Gasteiger charge is 2.09. The number of benzene rings is 1. The van der Waals surface area contributed by atoms with Crippen molar-refractivity contribution in [3.63, 3.8) is 0 Å². The van der Waals surface area contributed by atoms with E-state index < -0.39 is 0 Å². The first kappa shape index (κ1) is 15.2. The molecule has 0 bridgehead atoms. The zero-order chi connectivity index (χ0) is 14.1. The molecule has 3 N–H and O–H groups in total. The van der Waals surface area contributed by atoms with Gasteiger partial charge in [-0.25, -0.2) is 0 Å². The Kier molecular flexibility index (Phi) is 6.65. The van der Waals surface area contributed by atoms with Gasteiger partial charge in [-0.1, -0.05) is 17.9 Å². The molecule has 0 saturated carbocycles. The largest absolute Gasteiger partial charge is 0.380 e. The zero-order valence-electron chi connectivity index (χ0n) is 11.5. The lowest BCUT2D eigenvalue weighted by atomic mass is 10.0. The molecule has 4 heteroatoms. The van der Waals surface area contributed by atoms with Crippen LogP contribution in [0.15, 0.2) is 18.2 Å². The van der Waals surface area contributed by atoms with E-state index in [1.165, 1.54) is 0 Å². The number of carbonyl (C=O) groups is 1. The highest BCUT2D eigenvalue weighted by Crippen LogP contribution is 2.12. The normalized spacial score (nSPS) is 9.63. The van der Waals surface area contributed by atoms with Gasteiger partial charge in [0.2, 0.25) is 0 Å². The minimum atomic E-state index is -0.103. The van der Waals surface area contributed by atoms with Crippen molar-refractivity contribution in [1.82, 2.24) is 5.32 Å². The Morgan fingerprint density at radius 3 is 2.95 bits per heavy atom. The van der Waals surface area contributed by atoms with Gasteiger partial charge in [0.05, 0.1) is 13.2 Å². The number of hydrogen-bond acceptors (Lipinski definition) is 3. The van der Waals surface area contributed by atoms with Gasteiger partial charge in [-0.3, -0.25) is 4.79 Å². The molecule has 4 nitrogen and oxygen atoms in total. The fraction of sp³-hybridized carbons (Fsp3) is 0.400. The maximum absolute atomic E-state index is 12.0. The van der Waals surface area contributed by atoms with Crippen LogP contribution >= 0.6 is 0 Å². The molecule has 1 aromatic rings. The van der Waals surface area contributed by atoms with Crippen LogP contribution < -0.4 is 11.1 Å². The van der Waals surface area contributed by atoms with Gasteiger partial charge in [-0.2, -0.15) is 0 Å². The SMILES string of the molecule is CCOCCNC(=O)c1cccc(C#CCN)c1C. The molecule has 0 fully saturated rings. The Balaban J connectivity index is 2.74. The highest BCUT2D eigenvalue weighted by molar-refractivity contribution is 5.96. The summed E-state index contributed by atoms with van der Waals surface area (Å²) in [5.41, 5.74) is 7.70. The quantitative estimate of drug-likeness (QED) is 0.615. The van der Waals surface area contributed by atoms with Gasteiger partial charge in [-0.05, 0) is 31.5 Å². The van der Waals surface area contributed by atoms with Crippen molar-refractivity contribution in [3.8, 4) is 11.8 Å². The van der Waals surface area contributed by atoms with Crippen molar-refractivity contribution < 1.29 is 9.53 Å². The van der Waals surface area contributed by atoms with Gasteiger partial charge in [0.15, 0.2) is 0 Å². The molecule has 19 heavy (non-hydrogen) atoms. The second-order valence-electron chi connectivity index (χ2n) is 3.94. The van der Waals surface area contributed by atoms with Crippen molar-refractivity contribution in [2.45, 2.75) is 13.8 Å². The summed E-state index contributed by atoms with van der Waals surface area (Å²) in [6.45, 7) is 5.80. The van der Waals surface area contributed by atoms with E-state index in [1.54, 1.807) is 6.07 Å². The predicted octanol–water partition coefficient (Wildman–Crippen LogP) is 1.07. The first-order valence-corrected chi connectivity index (χ1v) is 6.35. The third-order valence-corrected chi connectivity index (χ3v) is 2.64. The topological polar surface area (TPSA) is 64.3 Å². The molecule has 0 unspecified atom stereocenters. The van der Waals surface area contributed by atoms with Crippen molar-refractivity contribution in [2.24, 2.45) is 5.73 Å². The average molecular weight is 260 g/mol. The van der Waals surface area contributed by atoms with Gasteiger partial charge in [-0.15, -0.1) is 0 Å². The number of carbonyl (C=O) groups excluding carboxylic acids is 1. The zero-order valence-corrected chi connectivity index (χ0v) is 11.5. The molecule has 0 atom stereocenters. The minimum absolute atomic E-state index is 0.103. The van der Waals surface area contributed by atoms with E-state index in [1.807, 2.05) is 26.0 Å². The molecule has 0 saturated heterocycles. The molecule has 0 radical (unpaired) electrons. The second kappa shape index (κ2) is 8.30. The first-order valence-electron chi connectivity index (χ1n) is 6.35. The monoisotopic (exact) mass is 260 g/mol. The Labute approximate surface area is 114 Å². The summed E-state index contributed by atoms with van der Waals surface area (Å²) in [6.07, 6.45) is 0. The van der Waals surface area contributed by atoms with Crippen LogP contribution in [0.4, 0.5) is 0 Å². The van der Waals surface area contributed by atoms with Crippen LogP contribution in [0, 0.1) is 18.8 Å². The fourth-order valence-electron chi connectivity index (χ4n) is 1.64. The molecule has 0 aliphatic carbocycles. The van der Waals surface area contributed by atoms with Crippen LogP contribution in [0.25, 0.3) is 0 Å². The summed E-state index contributed by atoms with van der Waals surface area (Å²) < 4.78 is 5.18. The number of nitrogens with two attached hydrogens (primary N) is 1. The number of ether oxygens (including phenoxy) is 1. The molecule has 0 aliphatic heterocycles. The Morgan fingerprint density at radius 1 is 1.47 bits per heavy atom. The second-order valence-corrected chi connectivity index (χ2v) is 3.94. The number of nitrogens with one attached hydrogen (secondary N) is 1. The van der Waals surface area contributed by atoms with Crippen LogP contribution in [0.2, 0.25) is 0 Å². The van der Waals surface area contributed by atoms with Crippen LogP contribution in [0.5, 0.6) is 0 Å². The molecular formula is C15H20N2O2. The summed E-state index contributed by atoms with van der Waals surface area (Å²) in [5.74, 6) is 5.66. The van der Waals surface area contributed by atoms with Gasteiger partial charge in [0, 0.05) is 24.3 Å². The molecule has 0 aromatic heterocycles. The molecule has 1 aromatic carbocycles. The maximum atomic E-state index is 12.0. The predicted molar refractivity (Wildman–Crippen MR) is 75.9 cm³/mol. The van der Waals surface area contributed by atoms with Crippen LogP contribution in [-0.4, -0.2) is 32.2 Å². The van der Waals surface area contributed by atoms with Crippen molar-refractivity contribution in [2.75, 3.05) is 26.3 Å². The smallest absolute Gasteiger partial charge is 0.251 e. The lowest BCUT2D eigenvalue weighted by Crippen LogP contribution is -2.28. The molecule has 0 spiro atoms. The minimum Gasteiger partial charge on any atom is -0.380 e. The van der Waals surface area contributed by atoms with E-state index in [0.717, 1.165) is 11.1 Å². The summed E-state index contributed by atoms with van der Waals surface area (Å²) in [6, 6.07) is 5.50. The molecule has 0 heterocycles. The molecule has 0 aliphatic rings. The fourth-order valence-corrected chi connectivity index (χ4v) is 1.64. The van der Waals surface area contributed by atoms with Crippen LogP contribution in [-0.2, 0) is 4.74 Å². The Morgan fingerprint density at radius 2 is 2.26 bits per heavy atom. The number of hydrogen-bond donors (Lipinski definition) is 2. The van der Waals surface area contributed by atoms with Crippen LogP contribution in [0.1, 0.15) is 28.4 Å². The van der Waals surface area contributed by atoms with Gasteiger partial charge < -0.3 is 15.8 Å².